The molecule has 3 N–H and O–H groups in total. The minimum absolute atomic E-state index is 0. The van der Waals surface area contributed by atoms with Crippen LogP contribution in [0.2, 0.25) is 0 Å². The average Bonchev–Trinajstić information content (AvgIpc) is 2.42. The van der Waals surface area contributed by atoms with Crippen molar-refractivity contribution in [3.8, 4) is 0 Å². The van der Waals surface area contributed by atoms with E-state index in [0.29, 0.717) is 0 Å². The third kappa shape index (κ3) is 20.3. The molecule has 3 unspecified atom stereocenters. The monoisotopic (exact) mass is 475 g/mol. The molecule has 0 aliphatic carbocycles. The fourth-order valence-corrected chi connectivity index (χ4v) is 0.822. The molecule has 12 nitrogen and oxygen atoms in total. The van der Waals surface area contributed by atoms with E-state index < -0.39 is 65.9 Å². The third-order valence-electron chi connectivity index (χ3n) is 2.25. The van der Waals surface area contributed by atoms with Gasteiger partial charge in [-0.1, -0.05) is 0 Å². The molecule has 0 aromatic heterocycles. The molecule has 16 heteroatoms. The molecular formula is C9H21NiO12S3. The van der Waals surface area contributed by atoms with E-state index in [1.807, 2.05) is 0 Å². The van der Waals surface area contributed by atoms with Crippen LogP contribution in [0.1, 0.15) is 20.8 Å². The zero-order valence-electron chi connectivity index (χ0n) is 13.4. The Labute approximate surface area is 157 Å². The van der Waals surface area contributed by atoms with Crippen molar-refractivity contribution in [2.45, 2.75) is 36.5 Å². The van der Waals surface area contributed by atoms with E-state index in [-0.39, 0.29) is 16.5 Å². The van der Waals surface area contributed by atoms with Crippen LogP contribution in [0.15, 0.2) is 0 Å². The van der Waals surface area contributed by atoms with Crippen molar-refractivity contribution >= 4 is 30.4 Å². The maximum Gasteiger partial charge on any atom is 3.00 e. The molecule has 0 amide bonds. The van der Waals surface area contributed by atoms with Gasteiger partial charge in [0.15, 0.2) is 0 Å². The Balaban J connectivity index is -0.000000130. The summed E-state index contributed by atoms with van der Waals surface area (Å²) in [5, 5.41) is 20.7. The normalized spacial score (nSPS) is 15.2. The van der Waals surface area contributed by atoms with Crippen LogP contribution in [0.3, 0.4) is 0 Å². The van der Waals surface area contributed by atoms with Gasteiger partial charge in [0.25, 0.3) is 0 Å². The van der Waals surface area contributed by atoms with E-state index in [1.54, 1.807) is 0 Å². The Morgan fingerprint density at radius 1 is 0.600 bits per heavy atom. The van der Waals surface area contributed by atoms with Crippen molar-refractivity contribution in [1.29, 1.82) is 0 Å². The Morgan fingerprint density at radius 3 is 0.720 bits per heavy atom. The van der Waals surface area contributed by atoms with Crippen molar-refractivity contribution in [1.82, 2.24) is 0 Å². The van der Waals surface area contributed by atoms with Crippen molar-refractivity contribution in [2.24, 2.45) is 0 Å². The Hall–Kier alpha value is 0.104. The summed E-state index contributed by atoms with van der Waals surface area (Å²) in [6, 6.07) is 0. The molecule has 0 aromatic rings. The second kappa shape index (κ2) is 14.2. The number of aliphatic hydroxyl groups is 3. The van der Waals surface area contributed by atoms with Crippen LogP contribution >= 0.6 is 0 Å². The predicted molar refractivity (Wildman–Crippen MR) is 78.7 cm³/mol. The van der Waals surface area contributed by atoms with E-state index in [1.165, 1.54) is 0 Å². The molecule has 25 heavy (non-hydrogen) atoms. The fourth-order valence-electron chi connectivity index (χ4n) is 0.274. The molecule has 0 aliphatic rings. The maximum atomic E-state index is 9.85. The summed E-state index contributed by atoms with van der Waals surface area (Å²) in [6.07, 6.45) is 0. The van der Waals surface area contributed by atoms with Gasteiger partial charge in [0.2, 0.25) is 0 Å². The van der Waals surface area contributed by atoms with Crippen LogP contribution in [-0.4, -0.2) is 89.8 Å². The topological polar surface area (TPSA) is 232 Å². The number of hydrogen-bond acceptors (Lipinski definition) is 12. The predicted octanol–water partition coefficient (Wildman–Crippen LogP) is -3.27. The quantitative estimate of drug-likeness (QED) is 0.253. The van der Waals surface area contributed by atoms with Crippen LogP contribution in [0.25, 0.3) is 0 Å². The average molecular weight is 476 g/mol. The summed E-state index contributed by atoms with van der Waals surface area (Å²) in [5.74, 6) is 0. The number of rotatable bonds is 6. The molecular weight excluding hydrogens is 455 g/mol. The molecule has 0 heterocycles. The van der Waals surface area contributed by atoms with Gasteiger partial charge in [-0.2, -0.15) is 0 Å². The molecule has 0 aromatic carbocycles. The minimum Gasteiger partial charge on any atom is -0.748 e. The first-order valence-electron chi connectivity index (χ1n) is 6.11. The third-order valence-corrected chi connectivity index (χ3v) is 5.65. The smallest absolute Gasteiger partial charge is 0.748 e. The summed E-state index contributed by atoms with van der Waals surface area (Å²) >= 11 is 0. The van der Waals surface area contributed by atoms with Gasteiger partial charge in [0.1, 0.15) is 0 Å². The first kappa shape index (κ1) is 32.7. The van der Waals surface area contributed by atoms with Crippen LogP contribution in [-0.2, 0) is 46.8 Å². The molecule has 157 valence electrons. The largest absolute Gasteiger partial charge is 3.00 e. The first-order valence-corrected chi connectivity index (χ1v) is 10.5. The Morgan fingerprint density at radius 2 is 0.720 bits per heavy atom. The molecule has 0 bridgehead atoms. The summed E-state index contributed by atoms with van der Waals surface area (Å²) in [7, 11) is -12.8. The zero-order chi connectivity index (χ0) is 20.4. The summed E-state index contributed by atoms with van der Waals surface area (Å²) in [4.78, 5) is 0. The second-order valence-corrected chi connectivity index (χ2v) is 9.83. The summed E-state index contributed by atoms with van der Waals surface area (Å²) in [5.41, 5.74) is 0. The van der Waals surface area contributed by atoms with Crippen molar-refractivity contribution in [2.75, 3.05) is 19.8 Å². The molecule has 0 rings (SSSR count). The van der Waals surface area contributed by atoms with E-state index in [2.05, 4.69) is 0 Å². The van der Waals surface area contributed by atoms with E-state index in [0.717, 1.165) is 20.8 Å². The van der Waals surface area contributed by atoms with Gasteiger partial charge in [0.05, 0.1) is 65.9 Å². The number of aliphatic hydroxyl groups excluding tert-OH is 3. The van der Waals surface area contributed by atoms with E-state index in [4.69, 9.17) is 15.3 Å². The van der Waals surface area contributed by atoms with E-state index >= 15 is 0 Å². The molecule has 1 radical (unpaired) electrons. The standard InChI is InChI=1S/3C3H8O4S.Ni/c3*1-3(2-4)8(5,6)7;/h3*3-4H,2H2,1H3,(H,5,6,7);/q;;;+3/p-3. The van der Waals surface area contributed by atoms with Crippen molar-refractivity contribution in [3.63, 3.8) is 0 Å². The van der Waals surface area contributed by atoms with Crippen LogP contribution in [0.5, 0.6) is 0 Å². The molecule has 0 saturated heterocycles. The first-order chi connectivity index (χ1) is 10.4. The SMILES string of the molecule is CC(CO)S(=O)(=O)[O-].CC(CO)S(=O)(=O)[O-].CC(CO)S(=O)(=O)[O-].[Ni+3]. The summed E-state index contributed by atoms with van der Waals surface area (Å²) in [6.45, 7) is 1.65. The van der Waals surface area contributed by atoms with Gasteiger partial charge in [-0.3, -0.25) is 0 Å². The molecule has 0 spiro atoms. The van der Waals surface area contributed by atoms with Crippen LogP contribution in [0, 0.1) is 0 Å². The van der Waals surface area contributed by atoms with Crippen LogP contribution < -0.4 is 0 Å². The van der Waals surface area contributed by atoms with E-state index in [9.17, 15) is 38.9 Å². The van der Waals surface area contributed by atoms with Gasteiger partial charge in [-0.05, 0) is 20.8 Å². The van der Waals surface area contributed by atoms with Crippen LogP contribution in [0.4, 0.5) is 0 Å². The van der Waals surface area contributed by atoms with Gasteiger partial charge in [-0.15, -0.1) is 0 Å². The molecule has 3 atom stereocenters. The summed E-state index contributed by atoms with van der Waals surface area (Å²) < 4.78 is 88.6. The second-order valence-electron chi connectivity index (χ2n) is 4.46. The van der Waals surface area contributed by atoms with Gasteiger partial charge >= 0.3 is 16.5 Å². The Bertz CT molecular complexity index is 536. The Kier molecular flexibility index (Phi) is 18.6. The minimum atomic E-state index is -4.25. The van der Waals surface area contributed by atoms with Crippen molar-refractivity contribution in [3.05, 3.63) is 0 Å². The van der Waals surface area contributed by atoms with Gasteiger partial charge < -0.3 is 29.0 Å². The van der Waals surface area contributed by atoms with Gasteiger partial charge in [0, 0.05) is 0 Å². The number of hydrogen-bond donors (Lipinski definition) is 3. The van der Waals surface area contributed by atoms with Crippen molar-refractivity contribution < 1.29 is 70.7 Å². The fraction of sp³-hybridized carbons (Fsp3) is 1.00. The van der Waals surface area contributed by atoms with Gasteiger partial charge in [-0.25, -0.2) is 25.3 Å². The zero-order valence-corrected chi connectivity index (χ0v) is 16.8. The molecule has 0 aliphatic heterocycles. The maximum absolute atomic E-state index is 9.85. The molecule has 0 saturated carbocycles. The molecule has 0 fully saturated rings.